The average Bonchev–Trinajstić information content (AvgIpc) is 2.80. The van der Waals surface area contributed by atoms with Crippen molar-refractivity contribution in [1.29, 1.82) is 0 Å². The molecule has 0 saturated heterocycles. The number of rotatable bonds is 0. The van der Waals surface area contributed by atoms with Crippen LogP contribution in [0.4, 0.5) is 0 Å². The minimum absolute atomic E-state index is 0. The molecule has 1 aromatic rings. The van der Waals surface area contributed by atoms with Crippen LogP contribution in [0.15, 0.2) is 54.3 Å². The summed E-state index contributed by atoms with van der Waals surface area (Å²) in [6.07, 6.45) is 8.05. The van der Waals surface area contributed by atoms with E-state index in [4.69, 9.17) is 0 Å². The van der Waals surface area contributed by atoms with Crippen molar-refractivity contribution >= 4 is 0 Å². The van der Waals surface area contributed by atoms with Crippen LogP contribution in [0, 0.1) is 13.8 Å². The van der Waals surface area contributed by atoms with Gasteiger partial charge in [0.25, 0.3) is 0 Å². The van der Waals surface area contributed by atoms with Crippen LogP contribution < -0.4 is 5.11 Å². The Bertz CT molecular complexity index is 339. The summed E-state index contributed by atoms with van der Waals surface area (Å²) in [5, 5.41) is 9.87. The van der Waals surface area contributed by atoms with Crippen molar-refractivity contribution in [3.8, 4) is 0 Å². The number of hydrogen-bond donors (Lipinski definition) is 0. The van der Waals surface area contributed by atoms with Crippen molar-refractivity contribution in [2.75, 3.05) is 0 Å². The maximum Gasteiger partial charge on any atom is 2.00 e. The fraction of sp³-hybridized carbons (Fsp3) is 0.154. The van der Waals surface area contributed by atoms with E-state index in [1.807, 2.05) is 12.2 Å². The van der Waals surface area contributed by atoms with E-state index in [9.17, 15) is 5.11 Å². The second-order valence-corrected chi connectivity index (χ2v) is 3.23. The Hall–Kier alpha value is -1.11. The third-order valence-electron chi connectivity index (χ3n) is 2.14. The third kappa shape index (κ3) is 4.78. The quantitative estimate of drug-likeness (QED) is 0.389. The molecule has 1 nitrogen and oxygen atoms in total. The Kier molecular flexibility index (Phi) is 6.68. The molecule has 1 aliphatic carbocycles. The number of aryl methyl sites for hydroxylation is 2. The zero-order valence-electron chi connectivity index (χ0n) is 8.88. The molecule has 0 heterocycles. The first-order valence-electron chi connectivity index (χ1n) is 4.60. The van der Waals surface area contributed by atoms with Gasteiger partial charge in [0.1, 0.15) is 0 Å². The van der Waals surface area contributed by atoms with Gasteiger partial charge in [0.05, 0.1) is 0 Å². The molecule has 0 bridgehead atoms. The second kappa shape index (κ2) is 7.22. The van der Waals surface area contributed by atoms with Gasteiger partial charge < -0.3 is 5.11 Å². The van der Waals surface area contributed by atoms with Gasteiger partial charge in [0, 0.05) is 0 Å². The van der Waals surface area contributed by atoms with Gasteiger partial charge in [-0.25, -0.2) is 6.07 Å². The Morgan fingerprint density at radius 3 is 2.00 bits per heavy atom. The molecule has 0 saturated carbocycles. The largest absolute Gasteiger partial charge is 2.00 e. The molecular weight excluding hydrogens is 228 g/mol. The SMILES string of the molecule is Cc1cc[cH-]c1C.[Fe+2].[O-]C=C1C=CC=C1. The summed E-state index contributed by atoms with van der Waals surface area (Å²) < 4.78 is 0. The fourth-order valence-corrected chi connectivity index (χ4v) is 1.07. The Morgan fingerprint density at radius 2 is 1.80 bits per heavy atom. The summed E-state index contributed by atoms with van der Waals surface area (Å²) in [6.45, 7) is 4.24. The van der Waals surface area contributed by atoms with Crippen LogP contribution >= 0.6 is 0 Å². The molecule has 1 aliphatic rings. The van der Waals surface area contributed by atoms with Crippen LogP contribution in [0.5, 0.6) is 0 Å². The molecular formula is C13H14FeO. The van der Waals surface area contributed by atoms with E-state index < -0.39 is 0 Å². The van der Waals surface area contributed by atoms with Crippen molar-refractivity contribution in [1.82, 2.24) is 0 Å². The summed E-state index contributed by atoms with van der Waals surface area (Å²) in [6, 6.07) is 6.31. The van der Waals surface area contributed by atoms with Gasteiger partial charge in [0.15, 0.2) is 0 Å². The van der Waals surface area contributed by atoms with Crippen molar-refractivity contribution < 1.29 is 22.2 Å². The Morgan fingerprint density at radius 1 is 1.20 bits per heavy atom. The smallest absolute Gasteiger partial charge is 0.877 e. The molecule has 15 heavy (non-hydrogen) atoms. The van der Waals surface area contributed by atoms with Crippen molar-refractivity contribution in [3.63, 3.8) is 0 Å². The molecule has 0 amide bonds. The van der Waals surface area contributed by atoms with E-state index in [1.165, 1.54) is 11.1 Å². The van der Waals surface area contributed by atoms with Crippen molar-refractivity contribution in [2.45, 2.75) is 13.8 Å². The second-order valence-electron chi connectivity index (χ2n) is 3.23. The zero-order chi connectivity index (χ0) is 10.4. The Balaban J connectivity index is 0.000000245. The van der Waals surface area contributed by atoms with Gasteiger partial charge in [-0.1, -0.05) is 38.2 Å². The molecule has 2 rings (SSSR count). The van der Waals surface area contributed by atoms with E-state index in [0.717, 1.165) is 11.8 Å². The van der Waals surface area contributed by atoms with Crippen LogP contribution in [0.1, 0.15) is 11.1 Å². The molecule has 80 valence electrons. The van der Waals surface area contributed by atoms with Crippen molar-refractivity contribution in [2.24, 2.45) is 0 Å². The predicted molar refractivity (Wildman–Crippen MR) is 57.9 cm³/mol. The molecule has 0 fully saturated rings. The van der Waals surface area contributed by atoms with Gasteiger partial charge >= 0.3 is 17.1 Å². The molecule has 0 unspecified atom stereocenters. The first-order valence-corrected chi connectivity index (χ1v) is 4.60. The molecule has 0 N–H and O–H groups in total. The minimum Gasteiger partial charge on any atom is -0.877 e. The molecule has 0 spiro atoms. The number of hydrogen-bond acceptors (Lipinski definition) is 1. The first kappa shape index (κ1) is 13.9. The fourth-order valence-electron chi connectivity index (χ4n) is 1.07. The molecule has 0 aromatic heterocycles. The van der Waals surface area contributed by atoms with Crippen LogP contribution in [-0.4, -0.2) is 0 Å². The summed E-state index contributed by atoms with van der Waals surface area (Å²) in [7, 11) is 0. The molecule has 0 aliphatic heterocycles. The van der Waals surface area contributed by atoms with Crippen LogP contribution in [0.3, 0.4) is 0 Å². The van der Waals surface area contributed by atoms with E-state index in [-0.39, 0.29) is 17.1 Å². The van der Waals surface area contributed by atoms with Gasteiger partial charge in [-0.3, -0.25) is 0 Å². The van der Waals surface area contributed by atoms with E-state index in [1.54, 1.807) is 12.2 Å². The maximum absolute atomic E-state index is 9.87. The van der Waals surface area contributed by atoms with Crippen LogP contribution in [0.25, 0.3) is 0 Å². The monoisotopic (exact) mass is 242 g/mol. The average molecular weight is 242 g/mol. The summed E-state index contributed by atoms with van der Waals surface area (Å²) >= 11 is 0. The van der Waals surface area contributed by atoms with Crippen LogP contribution in [-0.2, 0) is 17.1 Å². The predicted octanol–water partition coefficient (Wildman–Crippen LogP) is 2.38. The van der Waals surface area contributed by atoms with Gasteiger partial charge in [-0.05, 0) is 5.57 Å². The van der Waals surface area contributed by atoms with Gasteiger partial charge in [-0.2, -0.15) is 23.3 Å². The normalized spacial score (nSPS) is 11.7. The minimum atomic E-state index is 0. The van der Waals surface area contributed by atoms with Crippen LogP contribution in [0.2, 0.25) is 0 Å². The number of allylic oxidation sites excluding steroid dienone is 5. The summed E-state index contributed by atoms with van der Waals surface area (Å²) in [5.41, 5.74) is 3.53. The van der Waals surface area contributed by atoms with E-state index >= 15 is 0 Å². The molecule has 2 heteroatoms. The summed E-state index contributed by atoms with van der Waals surface area (Å²) in [5.74, 6) is 0. The van der Waals surface area contributed by atoms with E-state index in [0.29, 0.717) is 0 Å². The Labute approximate surface area is 102 Å². The topological polar surface area (TPSA) is 23.1 Å². The standard InChI is InChI=1S/C7H9.C6H6O.Fe/c1-6-4-3-5-7(6)2;7-5-6-3-1-2-4-6;/h3-5H,1-2H3;1-5,7H;/q-1;;+2/p-1. The maximum atomic E-state index is 9.87. The summed E-state index contributed by atoms with van der Waals surface area (Å²) in [4.78, 5) is 0. The van der Waals surface area contributed by atoms with Crippen molar-refractivity contribution in [3.05, 3.63) is 65.5 Å². The third-order valence-corrected chi connectivity index (χ3v) is 2.14. The van der Waals surface area contributed by atoms with Gasteiger partial charge in [-0.15, -0.1) is 6.26 Å². The first-order chi connectivity index (χ1) is 6.74. The molecule has 0 radical (unpaired) electrons. The molecule has 0 atom stereocenters. The zero-order valence-corrected chi connectivity index (χ0v) is 9.98. The van der Waals surface area contributed by atoms with E-state index in [2.05, 4.69) is 32.0 Å². The molecule has 1 aromatic carbocycles. The van der Waals surface area contributed by atoms with Gasteiger partial charge in [0.2, 0.25) is 0 Å².